The van der Waals surface area contributed by atoms with Crippen LogP contribution in [0.4, 0.5) is 19.0 Å². The first kappa shape index (κ1) is 42.1. The number of aromatic nitrogens is 1. The molecule has 52 heavy (non-hydrogen) atoms. The van der Waals surface area contributed by atoms with Gasteiger partial charge in [0.2, 0.25) is 5.88 Å². The number of nitrogens with zero attached hydrogens (tertiary/aromatic N) is 3. The number of alkyl halides is 2. The Kier molecular flexibility index (Phi) is 15.5. The van der Waals surface area contributed by atoms with E-state index in [4.69, 9.17) is 27.1 Å². The molecule has 2 saturated heterocycles. The van der Waals surface area contributed by atoms with E-state index in [1.54, 1.807) is 13.8 Å². The molecule has 2 aromatic rings. The van der Waals surface area contributed by atoms with E-state index in [1.165, 1.54) is 31.7 Å². The molecule has 3 N–H and O–H groups in total. The van der Waals surface area contributed by atoms with E-state index in [2.05, 4.69) is 42.9 Å². The number of halogens is 4. The third-order valence-corrected chi connectivity index (χ3v) is 11.7. The van der Waals surface area contributed by atoms with Crippen molar-refractivity contribution in [3.05, 3.63) is 56.7 Å². The van der Waals surface area contributed by atoms with Gasteiger partial charge in [0.05, 0.1) is 21.8 Å². The number of hydrogen-bond acceptors (Lipinski definition) is 6. The van der Waals surface area contributed by atoms with Gasteiger partial charge in [0, 0.05) is 30.3 Å². The number of allylic oxidation sites excluding steroid dienone is 1. The molecule has 0 spiro atoms. The minimum absolute atomic E-state index is 0.0248. The summed E-state index contributed by atoms with van der Waals surface area (Å²) in [5.41, 5.74) is 7.71. The molecule has 2 fully saturated rings. The number of aryl methyl sites for hydroxylation is 1. The predicted molar refractivity (Wildman–Crippen MR) is 211 cm³/mol. The lowest BCUT2D eigenvalue weighted by atomic mass is 9.83. The molecule has 4 atom stereocenters. The Labute approximate surface area is 316 Å². The number of nitrogens with one attached hydrogen (secondary N) is 1. The molecule has 3 heterocycles. The Morgan fingerprint density at radius 2 is 1.94 bits per heavy atom. The molecule has 2 aliphatic heterocycles. The average molecular weight is 746 g/mol. The van der Waals surface area contributed by atoms with Crippen molar-refractivity contribution in [1.82, 2.24) is 15.2 Å². The van der Waals surface area contributed by atoms with Crippen LogP contribution in [0.5, 0.6) is 0 Å². The number of anilines is 1. The van der Waals surface area contributed by atoms with Gasteiger partial charge in [-0.2, -0.15) is 0 Å². The van der Waals surface area contributed by atoms with Crippen LogP contribution in [0.1, 0.15) is 134 Å². The molecular formula is C42H63ClF3N5O. The van der Waals surface area contributed by atoms with Crippen LogP contribution in [0.3, 0.4) is 0 Å². The highest BCUT2D eigenvalue weighted by Crippen LogP contribution is 2.45. The lowest BCUT2D eigenvalue weighted by Crippen LogP contribution is -2.41. The van der Waals surface area contributed by atoms with Gasteiger partial charge >= 0.3 is 0 Å². The van der Waals surface area contributed by atoms with Crippen molar-refractivity contribution < 1.29 is 17.9 Å². The van der Waals surface area contributed by atoms with Crippen LogP contribution in [0, 0.1) is 31.5 Å². The van der Waals surface area contributed by atoms with Crippen molar-refractivity contribution in [2.45, 2.75) is 144 Å². The number of pyridine rings is 1. The summed E-state index contributed by atoms with van der Waals surface area (Å²) < 4.78 is 53.8. The van der Waals surface area contributed by atoms with Crippen LogP contribution in [0.2, 0.25) is 5.02 Å². The Balaban J connectivity index is 1.84. The van der Waals surface area contributed by atoms with E-state index in [-0.39, 0.29) is 38.8 Å². The maximum atomic E-state index is 16.9. The zero-order valence-corrected chi connectivity index (χ0v) is 33.7. The minimum atomic E-state index is -3.31. The van der Waals surface area contributed by atoms with Gasteiger partial charge in [-0.05, 0) is 132 Å². The number of rotatable bonds is 18. The molecule has 290 valence electrons. The van der Waals surface area contributed by atoms with E-state index < -0.39 is 11.7 Å². The summed E-state index contributed by atoms with van der Waals surface area (Å²) in [5, 5.41) is 3.65. The van der Waals surface area contributed by atoms with Gasteiger partial charge in [-0.3, -0.25) is 4.90 Å². The van der Waals surface area contributed by atoms with Crippen molar-refractivity contribution in [2.24, 2.45) is 16.8 Å². The molecule has 0 saturated carbocycles. The number of nitrogens with two attached hydrogens (primary N) is 1. The van der Waals surface area contributed by atoms with Crippen molar-refractivity contribution >= 4 is 23.1 Å². The van der Waals surface area contributed by atoms with Crippen molar-refractivity contribution in [1.29, 1.82) is 0 Å². The zero-order chi connectivity index (χ0) is 38.2. The number of hydrogen-bond donors (Lipinski definition) is 2. The number of unbranched alkanes of at least 4 members (excludes halogenated alkanes) is 1. The molecule has 1 aromatic heterocycles. The van der Waals surface area contributed by atoms with Crippen LogP contribution in [0.15, 0.2) is 23.0 Å². The first-order valence-corrected chi connectivity index (χ1v) is 20.1. The second-order valence-corrected chi connectivity index (χ2v) is 15.7. The molecule has 10 heteroatoms. The smallest absolute Gasteiger partial charge is 0.272 e. The van der Waals surface area contributed by atoms with E-state index in [1.807, 2.05) is 13.0 Å². The average Bonchev–Trinajstić information content (AvgIpc) is 3.51. The lowest BCUT2D eigenvalue weighted by molar-refractivity contribution is 0.0171. The van der Waals surface area contributed by atoms with E-state index >= 15 is 13.2 Å². The van der Waals surface area contributed by atoms with Crippen LogP contribution < -0.4 is 11.1 Å². The molecule has 4 rings (SSSR count). The largest absolute Gasteiger partial charge is 0.476 e. The third kappa shape index (κ3) is 10.1. The van der Waals surface area contributed by atoms with Gasteiger partial charge in [-0.1, -0.05) is 58.6 Å². The molecule has 2 aliphatic rings. The number of aliphatic imine (C=N–C) groups is 1. The van der Waals surface area contributed by atoms with E-state index in [0.29, 0.717) is 59.7 Å². The summed E-state index contributed by atoms with van der Waals surface area (Å²) >= 11 is 7.26. The molecule has 0 aliphatic carbocycles. The van der Waals surface area contributed by atoms with E-state index in [0.717, 1.165) is 65.1 Å². The van der Waals surface area contributed by atoms with Gasteiger partial charge in [0.15, 0.2) is 0 Å². The van der Waals surface area contributed by atoms with Crippen molar-refractivity contribution in [2.75, 3.05) is 32.0 Å². The van der Waals surface area contributed by atoms with Crippen LogP contribution >= 0.6 is 11.6 Å². The summed E-state index contributed by atoms with van der Waals surface area (Å²) in [4.78, 5) is 11.9. The second-order valence-electron chi connectivity index (χ2n) is 15.3. The second kappa shape index (κ2) is 19.1. The maximum Gasteiger partial charge on any atom is 0.272 e. The van der Waals surface area contributed by atoms with Gasteiger partial charge in [-0.25, -0.2) is 23.1 Å². The number of fused-ring (bicyclic) bond motifs is 1. The molecule has 1 aromatic carbocycles. The standard InChI is InChI=1S/C42H63ClF3N5O/c1-9-12-16-35(52-25-32-19-18-31-15-13-14-22-51(31)32)49-29(7)36-28(6)40(44)37(41-38(42(8,45)46)27(5)23-34(47)50-41)39(43)33(36)20-17-30(26(4)11-3)24-48-21-10-2/h16,23,26,30-32,48H,9-15,17-22,24-25H2,1-8H3,(H2,47,50)/b35-16-,49-29?/t26?,30-,31?,32?/m1/s1. The third-order valence-electron chi connectivity index (χ3n) is 11.3. The highest BCUT2D eigenvalue weighted by atomic mass is 35.5. The Morgan fingerprint density at radius 1 is 1.19 bits per heavy atom. The normalized spacial score (nSPS) is 19.9. The van der Waals surface area contributed by atoms with Gasteiger partial charge < -0.3 is 15.8 Å². The SMILES string of the molecule is CCC/C=C(/N=C(C)c1c(C)c(F)c(-c2nc(N)cc(C)c2C(C)(F)F)c(Cl)c1CC[C@H](CNCCC)C(C)CC)OCC1CCC2CCCCN21. The molecule has 3 unspecified atom stereocenters. The molecule has 6 nitrogen and oxygen atoms in total. The number of benzene rings is 1. The summed E-state index contributed by atoms with van der Waals surface area (Å²) in [6, 6.07) is 2.39. The fourth-order valence-corrected chi connectivity index (χ4v) is 8.67. The van der Waals surface area contributed by atoms with Crippen molar-refractivity contribution in [3.8, 4) is 11.3 Å². The van der Waals surface area contributed by atoms with Gasteiger partial charge in [0.1, 0.15) is 18.2 Å². The zero-order valence-electron chi connectivity index (χ0n) is 32.9. The van der Waals surface area contributed by atoms with Gasteiger partial charge in [-0.15, -0.1) is 0 Å². The fraction of sp³-hybridized carbons (Fsp3) is 0.667. The topological polar surface area (TPSA) is 75.8 Å². The highest BCUT2D eigenvalue weighted by molar-refractivity contribution is 6.35. The Morgan fingerprint density at radius 3 is 2.62 bits per heavy atom. The summed E-state index contributed by atoms with van der Waals surface area (Å²) in [5.74, 6) is -2.71. The number of piperidine rings is 1. The Bertz CT molecular complexity index is 1570. The van der Waals surface area contributed by atoms with Crippen LogP contribution in [-0.4, -0.2) is 53.9 Å². The van der Waals surface area contributed by atoms with E-state index in [9.17, 15) is 0 Å². The molecule has 0 bridgehead atoms. The molecule has 0 amide bonds. The van der Waals surface area contributed by atoms with Gasteiger partial charge in [0.25, 0.3) is 5.92 Å². The minimum Gasteiger partial charge on any atom is -0.476 e. The summed E-state index contributed by atoms with van der Waals surface area (Å²) in [7, 11) is 0. The monoisotopic (exact) mass is 745 g/mol. The Hall–Kier alpha value is -2.62. The summed E-state index contributed by atoms with van der Waals surface area (Å²) in [6.45, 7) is 18.0. The molecule has 0 radical (unpaired) electrons. The fourth-order valence-electron chi connectivity index (χ4n) is 8.31. The first-order valence-electron chi connectivity index (χ1n) is 19.7. The maximum absolute atomic E-state index is 16.9. The summed E-state index contributed by atoms with van der Waals surface area (Å²) in [6.07, 6.45) is 13.1. The quantitative estimate of drug-likeness (QED) is 0.0903. The molecular weight excluding hydrogens is 683 g/mol. The first-order chi connectivity index (χ1) is 24.7. The highest BCUT2D eigenvalue weighted by Gasteiger charge is 2.36. The lowest BCUT2D eigenvalue weighted by Gasteiger charge is -2.33. The van der Waals surface area contributed by atoms with Crippen molar-refractivity contribution in [3.63, 3.8) is 0 Å². The predicted octanol–water partition coefficient (Wildman–Crippen LogP) is 10.9. The number of nitrogen functional groups attached to an aromatic ring is 1. The van der Waals surface area contributed by atoms with Crippen LogP contribution in [0.25, 0.3) is 11.3 Å². The van der Waals surface area contributed by atoms with Crippen LogP contribution in [-0.2, 0) is 17.1 Å². The number of ether oxygens (including phenoxy) is 1.